The van der Waals surface area contributed by atoms with E-state index in [1.54, 1.807) is 29.6 Å². The molecule has 1 N–H and O–H groups in total. The van der Waals surface area contributed by atoms with E-state index < -0.39 is 0 Å². The summed E-state index contributed by atoms with van der Waals surface area (Å²) in [6, 6.07) is 4.06. The van der Waals surface area contributed by atoms with Gasteiger partial charge in [-0.25, -0.2) is 4.98 Å². The zero-order valence-electron chi connectivity index (χ0n) is 11.4. The molecule has 3 aromatic heterocycles. The molecule has 5 nitrogen and oxygen atoms in total. The van der Waals surface area contributed by atoms with Gasteiger partial charge in [0.25, 0.3) is 5.91 Å². The van der Waals surface area contributed by atoms with Crippen LogP contribution in [0.5, 0.6) is 0 Å². The fourth-order valence-corrected chi connectivity index (χ4v) is 3.94. The topological polar surface area (TPSA) is 67.8 Å². The lowest BCUT2D eigenvalue weighted by Gasteiger charge is -2.01. The van der Waals surface area contributed by atoms with E-state index in [-0.39, 0.29) is 5.91 Å². The molecule has 0 saturated heterocycles. The SMILES string of the molecule is Cc1nc(-c2ccc(CNC(=O)c3snnc3C)s2)cs1. The quantitative estimate of drug-likeness (QED) is 0.794. The van der Waals surface area contributed by atoms with Gasteiger partial charge in [0, 0.05) is 10.3 Å². The average molecular weight is 336 g/mol. The number of nitrogens with zero attached hydrogens (tertiary/aromatic N) is 3. The Morgan fingerprint density at radius 2 is 2.19 bits per heavy atom. The first-order valence-corrected chi connectivity index (χ1v) is 8.69. The summed E-state index contributed by atoms with van der Waals surface area (Å²) < 4.78 is 3.77. The molecule has 0 aliphatic rings. The minimum atomic E-state index is -0.123. The normalized spacial score (nSPS) is 10.8. The number of hydrogen-bond donors (Lipinski definition) is 1. The molecular formula is C13H12N4OS3. The fourth-order valence-electron chi connectivity index (χ4n) is 1.77. The van der Waals surface area contributed by atoms with Gasteiger partial charge in [0.05, 0.1) is 27.8 Å². The molecule has 0 aliphatic heterocycles. The van der Waals surface area contributed by atoms with Crippen molar-refractivity contribution in [1.29, 1.82) is 0 Å². The zero-order chi connectivity index (χ0) is 14.8. The van der Waals surface area contributed by atoms with Crippen molar-refractivity contribution in [2.45, 2.75) is 20.4 Å². The third kappa shape index (κ3) is 3.17. The van der Waals surface area contributed by atoms with E-state index in [1.807, 2.05) is 19.1 Å². The summed E-state index contributed by atoms with van der Waals surface area (Å²) in [6.45, 7) is 4.28. The lowest BCUT2D eigenvalue weighted by molar-refractivity contribution is 0.0954. The molecule has 3 aromatic rings. The predicted octanol–water partition coefficient (Wildman–Crippen LogP) is 3.27. The molecule has 0 bridgehead atoms. The average Bonchev–Trinajstić information content (AvgIpc) is 3.16. The highest BCUT2D eigenvalue weighted by atomic mass is 32.1. The first kappa shape index (κ1) is 14.3. The molecule has 0 saturated carbocycles. The lowest BCUT2D eigenvalue weighted by Crippen LogP contribution is -2.22. The third-order valence-corrected chi connectivity index (χ3v) is 5.52. The van der Waals surface area contributed by atoms with Gasteiger partial charge in [-0.3, -0.25) is 4.79 Å². The van der Waals surface area contributed by atoms with Gasteiger partial charge >= 0.3 is 0 Å². The molecule has 0 aromatic carbocycles. The first-order valence-electron chi connectivity index (χ1n) is 6.22. The Labute approximate surface area is 133 Å². The highest BCUT2D eigenvalue weighted by molar-refractivity contribution is 7.16. The van der Waals surface area contributed by atoms with Crippen LogP contribution in [0.25, 0.3) is 10.6 Å². The van der Waals surface area contributed by atoms with Crippen molar-refractivity contribution in [2.24, 2.45) is 0 Å². The first-order chi connectivity index (χ1) is 10.1. The largest absolute Gasteiger partial charge is 0.346 e. The van der Waals surface area contributed by atoms with Gasteiger partial charge in [0.1, 0.15) is 4.88 Å². The third-order valence-electron chi connectivity index (χ3n) is 2.81. The highest BCUT2D eigenvalue weighted by Crippen LogP contribution is 2.29. The van der Waals surface area contributed by atoms with Gasteiger partial charge in [-0.15, -0.1) is 27.8 Å². The van der Waals surface area contributed by atoms with E-state index in [0.717, 1.165) is 32.0 Å². The van der Waals surface area contributed by atoms with Gasteiger partial charge in [-0.2, -0.15) is 0 Å². The van der Waals surface area contributed by atoms with Crippen LogP contribution in [0.15, 0.2) is 17.5 Å². The number of hydrogen-bond acceptors (Lipinski definition) is 7. The number of nitrogens with one attached hydrogen (secondary N) is 1. The van der Waals surface area contributed by atoms with E-state index in [1.165, 1.54) is 0 Å². The number of carbonyl (C=O) groups excluding carboxylic acids is 1. The van der Waals surface area contributed by atoms with Crippen molar-refractivity contribution in [3.63, 3.8) is 0 Å². The van der Waals surface area contributed by atoms with Crippen LogP contribution in [0, 0.1) is 13.8 Å². The van der Waals surface area contributed by atoms with E-state index in [0.29, 0.717) is 17.1 Å². The number of amides is 1. The summed E-state index contributed by atoms with van der Waals surface area (Å²) in [4.78, 5) is 19.3. The van der Waals surface area contributed by atoms with Crippen molar-refractivity contribution in [3.05, 3.63) is 38.0 Å². The van der Waals surface area contributed by atoms with Gasteiger partial charge in [-0.05, 0) is 37.5 Å². The Morgan fingerprint density at radius 1 is 1.33 bits per heavy atom. The Kier molecular flexibility index (Phi) is 4.09. The minimum Gasteiger partial charge on any atom is -0.346 e. The second kappa shape index (κ2) is 6.00. The van der Waals surface area contributed by atoms with Gasteiger partial charge in [0.15, 0.2) is 0 Å². The highest BCUT2D eigenvalue weighted by Gasteiger charge is 2.13. The van der Waals surface area contributed by atoms with E-state index in [9.17, 15) is 4.79 Å². The summed E-state index contributed by atoms with van der Waals surface area (Å²) >= 11 is 4.40. The summed E-state index contributed by atoms with van der Waals surface area (Å²) in [5, 5.41) is 9.85. The predicted molar refractivity (Wildman–Crippen MR) is 86.0 cm³/mol. The number of carbonyl (C=O) groups is 1. The fraction of sp³-hybridized carbons (Fsp3) is 0.231. The van der Waals surface area contributed by atoms with Gasteiger partial charge < -0.3 is 5.32 Å². The molecule has 21 heavy (non-hydrogen) atoms. The molecule has 0 radical (unpaired) electrons. The molecule has 1 amide bonds. The van der Waals surface area contributed by atoms with Crippen molar-refractivity contribution in [1.82, 2.24) is 19.9 Å². The van der Waals surface area contributed by atoms with Crippen LogP contribution >= 0.6 is 34.2 Å². The molecule has 108 valence electrons. The van der Waals surface area contributed by atoms with Crippen LogP contribution in [0.1, 0.15) is 25.3 Å². The second-order valence-electron chi connectivity index (χ2n) is 4.39. The monoisotopic (exact) mass is 336 g/mol. The number of thiophene rings is 1. The summed E-state index contributed by atoms with van der Waals surface area (Å²) in [7, 11) is 0. The van der Waals surface area contributed by atoms with E-state index in [4.69, 9.17) is 0 Å². The van der Waals surface area contributed by atoms with Crippen molar-refractivity contribution in [3.8, 4) is 10.6 Å². The van der Waals surface area contributed by atoms with E-state index in [2.05, 4.69) is 25.3 Å². The summed E-state index contributed by atoms with van der Waals surface area (Å²) in [5.74, 6) is -0.123. The summed E-state index contributed by atoms with van der Waals surface area (Å²) in [5.41, 5.74) is 1.67. The van der Waals surface area contributed by atoms with Crippen LogP contribution in [-0.4, -0.2) is 20.5 Å². The van der Waals surface area contributed by atoms with Crippen LogP contribution in [0.2, 0.25) is 0 Å². The summed E-state index contributed by atoms with van der Waals surface area (Å²) in [6.07, 6.45) is 0. The number of thiazole rings is 1. The zero-order valence-corrected chi connectivity index (χ0v) is 13.9. The lowest BCUT2D eigenvalue weighted by atomic mass is 10.3. The molecule has 0 unspecified atom stereocenters. The molecule has 8 heteroatoms. The van der Waals surface area contributed by atoms with Crippen LogP contribution in [0.3, 0.4) is 0 Å². The maximum absolute atomic E-state index is 12.0. The number of rotatable bonds is 4. The van der Waals surface area contributed by atoms with E-state index >= 15 is 0 Å². The number of aryl methyl sites for hydroxylation is 2. The number of aromatic nitrogens is 3. The molecule has 0 aliphatic carbocycles. The Morgan fingerprint density at radius 3 is 2.86 bits per heavy atom. The molecule has 0 fully saturated rings. The van der Waals surface area contributed by atoms with Crippen LogP contribution in [-0.2, 0) is 6.54 Å². The van der Waals surface area contributed by atoms with Crippen molar-refractivity contribution in [2.75, 3.05) is 0 Å². The molecule has 3 rings (SSSR count). The molecular weight excluding hydrogens is 324 g/mol. The van der Waals surface area contributed by atoms with Crippen LogP contribution < -0.4 is 5.32 Å². The standard InChI is InChI=1S/C13H12N4OS3/c1-7-12(21-17-16-7)13(18)14-5-9-3-4-11(20-9)10-6-19-8(2)15-10/h3-4,6H,5H2,1-2H3,(H,14,18). The maximum atomic E-state index is 12.0. The van der Waals surface area contributed by atoms with Gasteiger partial charge in [0.2, 0.25) is 0 Å². The van der Waals surface area contributed by atoms with Crippen molar-refractivity contribution >= 4 is 40.1 Å². The minimum absolute atomic E-state index is 0.123. The molecule has 0 spiro atoms. The molecule has 3 heterocycles. The Balaban J connectivity index is 1.65. The Bertz CT molecular complexity index is 774. The molecule has 0 atom stereocenters. The smallest absolute Gasteiger partial charge is 0.265 e. The van der Waals surface area contributed by atoms with Gasteiger partial charge in [-0.1, -0.05) is 4.49 Å². The Hall–Kier alpha value is -1.64. The van der Waals surface area contributed by atoms with Crippen LogP contribution in [0.4, 0.5) is 0 Å². The second-order valence-corrected chi connectivity index (χ2v) is 7.37. The van der Waals surface area contributed by atoms with Crippen molar-refractivity contribution < 1.29 is 4.79 Å². The maximum Gasteiger partial charge on any atom is 0.265 e.